The number of anilines is 1. The first-order valence-electron chi connectivity index (χ1n) is 8.10. The molecule has 1 aliphatic carbocycles. The fourth-order valence-corrected chi connectivity index (χ4v) is 3.31. The van der Waals surface area contributed by atoms with E-state index < -0.39 is 0 Å². The van der Waals surface area contributed by atoms with Crippen LogP contribution in [0.1, 0.15) is 49.6 Å². The van der Waals surface area contributed by atoms with E-state index in [1.54, 1.807) is 0 Å². The monoisotopic (exact) mass is 310 g/mol. The van der Waals surface area contributed by atoms with Gasteiger partial charge in [0.2, 0.25) is 0 Å². The fourth-order valence-electron chi connectivity index (χ4n) is 2.19. The van der Waals surface area contributed by atoms with Crippen LogP contribution in [-0.2, 0) is 6.54 Å². The minimum atomic E-state index is 0.549. The van der Waals surface area contributed by atoms with E-state index in [1.165, 1.54) is 28.5 Å². The normalized spacial score (nSPS) is 16.5. The number of likely N-dealkylation sites (N-methyl/N-ethyl adjacent to an activating group) is 2. The van der Waals surface area contributed by atoms with E-state index in [0.717, 1.165) is 32.1 Å². The molecular weight excluding hydrogens is 280 g/mol. The third-order valence-corrected chi connectivity index (χ3v) is 5.32. The highest BCUT2D eigenvalue weighted by Crippen LogP contribution is 2.32. The number of nitrogens with one attached hydrogen (secondary N) is 1. The van der Waals surface area contributed by atoms with Crippen molar-refractivity contribution in [3.8, 4) is 0 Å². The molecule has 0 amide bonds. The average Bonchev–Trinajstić information content (AvgIpc) is 3.19. The van der Waals surface area contributed by atoms with Crippen molar-refractivity contribution in [3.05, 3.63) is 10.6 Å². The molecule has 0 bridgehead atoms. The van der Waals surface area contributed by atoms with Crippen molar-refractivity contribution in [2.24, 2.45) is 0 Å². The van der Waals surface area contributed by atoms with Gasteiger partial charge >= 0.3 is 0 Å². The lowest BCUT2D eigenvalue weighted by Crippen LogP contribution is -2.28. The third-order valence-electron chi connectivity index (χ3n) is 4.13. The van der Waals surface area contributed by atoms with Crippen LogP contribution in [-0.4, -0.2) is 50.2 Å². The SMILES string of the molecule is CCC(C)c1nc(N(C)CCN(C)C)sc1CNC1CC1. The van der Waals surface area contributed by atoms with Crippen LogP contribution >= 0.6 is 11.3 Å². The summed E-state index contributed by atoms with van der Waals surface area (Å²) >= 11 is 1.87. The van der Waals surface area contributed by atoms with Crippen molar-refractivity contribution in [2.75, 3.05) is 39.1 Å². The molecule has 0 spiro atoms. The molecule has 0 radical (unpaired) electrons. The minimum absolute atomic E-state index is 0.549. The molecule has 1 aliphatic rings. The second kappa shape index (κ2) is 7.56. The molecule has 0 saturated heterocycles. The maximum Gasteiger partial charge on any atom is 0.185 e. The van der Waals surface area contributed by atoms with Crippen LogP contribution in [0.2, 0.25) is 0 Å². The molecule has 2 rings (SSSR count). The van der Waals surface area contributed by atoms with E-state index in [2.05, 4.69) is 50.1 Å². The summed E-state index contributed by atoms with van der Waals surface area (Å²) in [5.74, 6) is 0.549. The summed E-state index contributed by atoms with van der Waals surface area (Å²) in [6.07, 6.45) is 3.83. The van der Waals surface area contributed by atoms with Gasteiger partial charge in [-0.3, -0.25) is 0 Å². The molecule has 1 aromatic rings. The molecule has 5 heteroatoms. The quantitative estimate of drug-likeness (QED) is 0.760. The summed E-state index contributed by atoms with van der Waals surface area (Å²) < 4.78 is 0. The smallest absolute Gasteiger partial charge is 0.185 e. The molecular formula is C16H30N4S. The van der Waals surface area contributed by atoms with Gasteiger partial charge in [-0.1, -0.05) is 13.8 Å². The molecule has 120 valence electrons. The van der Waals surface area contributed by atoms with Crippen LogP contribution in [0.4, 0.5) is 5.13 Å². The summed E-state index contributed by atoms with van der Waals surface area (Å²) in [6, 6.07) is 0.756. The molecule has 1 fully saturated rings. The molecule has 1 aromatic heterocycles. The van der Waals surface area contributed by atoms with Crippen molar-refractivity contribution in [1.29, 1.82) is 0 Å². The first-order chi connectivity index (χ1) is 10.0. The van der Waals surface area contributed by atoms with Gasteiger partial charge in [0.1, 0.15) is 0 Å². The maximum absolute atomic E-state index is 4.94. The van der Waals surface area contributed by atoms with Crippen LogP contribution in [0, 0.1) is 0 Å². The molecule has 1 unspecified atom stereocenters. The lowest BCUT2D eigenvalue weighted by atomic mass is 10.0. The Morgan fingerprint density at radius 3 is 2.57 bits per heavy atom. The highest BCUT2D eigenvalue weighted by molar-refractivity contribution is 7.15. The first kappa shape index (κ1) is 16.7. The van der Waals surface area contributed by atoms with E-state index in [1.807, 2.05) is 11.3 Å². The number of aromatic nitrogens is 1. The topological polar surface area (TPSA) is 31.4 Å². The Morgan fingerprint density at radius 1 is 1.29 bits per heavy atom. The average molecular weight is 311 g/mol. The number of hydrogen-bond acceptors (Lipinski definition) is 5. The third kappa shape index (κ3) is 4.94. The van der Waals surface area contributed by atoms with E-state index in [0.29, 0.717) is 5.92 Å². The van der Waals surface area contributed by atoms with Gasteiger partial charge in [0.25, 0.3) is 0 Å². The molecule has 21 heavy (non-hydrogen) atoms. The number of thiazole rings is 1. The number of hydrogen-bond donors (Lipinski definition) is 1. The van der Waals surface area contributed by atoms with E-state index >= 15 is 0 Å². The second-order valence-electron chi connectivity index (χ2n) is 6.49. The van der Waals surface area contributed by atoms with Crippen molar-refractivity contribution >= 4 is 16.5 Å². The van der Waals surface area contributed by atoms with Crippen molar-refractivity contribution in [2.45, 2.75) is 51.6 Å². The molecule has 1 saturated carbocycles. The lowest BCUT2D eigenvalue weighted by molar-refractivity contribution is 0.416. The van der Waals surface area contributed by atoms with E-state index in [4.69, 9.17) is 4.98 Å². The summed E-state index contributed by atoms with van der Waals surface area (Å²) in [7, 11) is 6.39. The highest BCUT2D eigenvalue weighted by atomic mass is 32.1. The fraction of sp³-hybridized carbons (Fsp3) is 0.812. The zero-order valence-electron chi connectivity index (χ0n) is 14.1. The molecule has 0 aliphatic heterocycles. The zero-order chi connectivity index (χ0) is 15.4. The zero-order valence-corrected chi connectivity index (χ0v) is 15.0. The van der Waals surface area contributed by atoms with Crippen molar-refractivity contribution in [3.63, 3.8) is 0 Å². The molecule has 1 atom stereocenters. The van der Waals surface area contributed by atoms with E-state index in [9.17, 15) is 0 Å². The van der Waals surface area contributed by atoms with Gasteiger partial charge in [0.05, 0.1) is 5.69 Å². The van der Waals surface area contributed by atoms with Gasteiger partial charge in [-0.15, -0.1) is 11.3 Å². The Kier molecular flexibility index (Phi) is 6.02. The first-order valence-corrected chi connectivity index (χ1v) is 8.91. The van der Waals surface area contributed by atoms with Crippen LogP contribution in [0.5, 0.6) is 0 Å². The Bertz CT molecular complexity index is 439. The predicted molar refractivity (Wildman–Crippen MR) is 92.5 cm³/mol. The Morgan fingerprint density at radius 2 is 2.00 bits per heavy atom. The minimum Gasteiger partial charge on any atom is -0.350 e. The Balaban J connectivity index is 2.05. The molecule has 1 N–H and O–H groups in total. The Hall–Kier alpha value is -0.650. The van der Waals surface area contributed by atoms with E-state index in [-0.39, 0.29) is 0 Å². The van der Waals surface area contributed by atoms with Gasteiger partial charge in [-0.05, 0) is 39.3 Å². The maximum atomic E-state index is 4.94. The van der Waals surface area contributed by atoms with Crippen LogP contribution in [0.15, 0.2) is 0 Å². The van der Waals surface area contributed by atoms with Gasteiger partial charge in [0, 0.05) is 37.6 Å². The van der Waals surface area contributed by atoms with Gasteiger partial charge in [-0.25, -0.2) is 4.98 Å². The summed E-state index contributed by atoms with van der Waals surface area (Å²) in [4.78, 5) is 10.9. The van der Waals surface area contributed by atoms with Gasteiger partial charge in [0.15, 0.2) is 5.13 Å². The second-order valence-corrected chi connectivity index (χ2v) is 7.56. The summed E-state index contributed by atoms with van der Waals surface area (Å²) in [5, 5.41) is 4.80. The van der Waals surface area contributed by atoms with Crippen LogP contribution in [0.3, 0.4) is 0 Å². The molecule has 0 aromatic carbocycles. The van der Waals surface area contributed by atoms with Crippen molar-refractivity contribution < 1.29 is 0 Å². The molecule has 4 nitrogen and oxygen atoms in total. The van der Waals surface area contributed by atoms with Gasteiger partial charge in [-0.2, -0.15) is 0 Å². The lowest BCUT2D eigenvalue weighted by Gasteiger charge is -2.18. The van der Waals surface area contributed by atoms with Crippen LogP contribution < -0.4 is 10.2 Å². The predicted octanol–water partition coefficient (Wildman–Crippen LogP) is 2.91. The number of nitrogens with zero attached hydrogens (tertiary/aromatic N) is 3. The van der Waals surface area contributed by atoms with Crippen molar-refractivity contribution in [1.82, 2.24) is 15.2 Å². The highest BCUT2D eigenvalue weighted by Gasteiger charge is 2.23. The molecule has 1 heterocycles. The summed E-state index contributed by atoms with van der Waals surface area (Å²) in [6.45, 7) is 7.61. The standard InChI is InChI=1S/C16H30N4S/c1-6-12(2)15-14(11-17-13-7-8-13)21-16(18-15)20(5)10-9-19(3)4/h12-13,17H,6-11H2,1-5H3. The summed E-state index contributed by atoms with van der Waals surface area (Å²) in [5.41, 5.74) is 1.31. The van der Waals surface area contributed by atoms with Gasteiger partial charge < -0.3 is 15.1 Å². The number of rotatable bonds is 9. The Labute approximate surface area is 133 Å². The van der Waals surface area contributed by atoms with Crippen LogP contribution in [0.25, 0.3) is 0 Å². The largest absolute Gasteiger partial charge is 0.350 e.